The first-order valence-electron chi connectivity index (χ1n) is 8.70. The molecule has 0 bridgehead atoms. The number of ketones is 1. The number of ether oxygens (including phenoxy) is 1. The highest BCUT2D eigenvalue weighted by molar-refractivity contribution is 9.10. The van der Waals surface area contributed by atoms with Crippen molar-refractivity contribution in [2.24, 2.45) is 0 Å². The molecule has 1 saturated heterocycles. The first kappa shape index (κ1) is 18.0. The maximum Gasteiger partial charge on any atom is 0.159 e. The van der Waals surface area contributed by atoms with Crippen LogP contribution in [-0.4, -0.2) is 45.1 Å². The minimum atomic E-state index is 0.117. The lowest BCUT2D eigenvalue weighted by Gasteiger charge is -2.33. The van der Waals surface area contributed by atoms with E-state index in [4.69, 9.17) is 4.74 Å². The van der Waals surface area contributed by atoms with Gasteiger partial charge in [0.05, 0.1) is 26.2 Å². The van der Waals surface area contributed by atoms with Crippen molar-refractivity contribution in [1.82, 2.24) is 0 Å². The Balaban J connectivity index is 1.43. The molecule has 0 saturated carbocycles. The normalized spacial score (nSPS) is 15.2. The molecule has 1 heterocycles. The zero-order valence-corrected chi connectivity index (χ0v) is 16.1. The smallest absolute Gasteiger partial charge is 0.159 e. The van der Waals surface area contributed by atoms with Crippen molar-refractivity contribution in [3.63, 3.8) is 0 Å². The van der Waals surface area contributed by atoms with Crippen LogP contribution in [0.25, 0.3) is 0 Å². The first-order chi connectivity index (χ1) is 12.1. The van der Waals surface area contributed by atoms with Crippen LogP contribution in [0.2, 0.25) is 0 Å². The Morgan fingerprint density at radius 2 is 1.88 bits per heavy atom. The monoisotopic (exact) mass is 403 g/mol. The molecule has 2 aromatic carbocycles. The third kappa shape index (κ3) is 5.06. The molecule has 0 radical (unpaired) electrons. The zero-order valence-electron chi connectivity index (χ0n) is 14.5. The Labute approximate surface area is 157 Å². The molecule has 0 unspecified atom stereocenters. The predicted molar refractivity (Wildman–Crippen MR) is 104 cm³/mol. The second kappa shape index (κ2) is 8.50. The van der Waals surface area contributed by atoms with Crippen LogP contribution in [-0.2, 0) is 0 Å². The van der Waals surface area contributed by atoms with Gasteiger partial charge < -0.3 is 14.5 Å². The van der Waals surface area contributed by atoms with Crippen LogP contribution in [0, 0.1) is 0 Å². The summed E-state index contributed by atoms with van der Waals surface area (Å²) in [5.74, 6) is 1.03. The van der Waals surface area contributed by atoms with E-state index in [1.165, 1.54) is 5.69 Å². The molecule has 1 aliphatic rings. The van der Waals surface area contributed by atoms with Gasteiger partial charge in [-0.15, -0.1) is 0 Å². The highest BCUT2D eigenvalue weighted by Gasteiger charge is 2.20. The summed E-state index contributed by atoms with van der Waals surface area (Å²) >= 11 is 3.46. The van der Waals surface area contributed by atoms with Crippen molar-refractivity contribution < 1.29 is 14.4 Å². The number of halogens is 1. The molecule has 25 heavy (non-hydrogen) atoms. The Morgan fingerprint density at radius 3 is 2.52 bits per heavy atom. The Hall–Kier alpha value is -1.85. The lowest BCUT2D eigenvalue weighted by Crippen LogP contribution is -3.15. The molecule has 1 fully saturated rings. The minimum absolute atomic E-state index is 0.117. The summed E-state index contributed by atoms with van der Waals surface area (Å²) in [6.07, 6.45) is 0. The SMILES string of the molecule is CC(=O)c1ccc(N2CC[NH+](CCOc3cccc(Br)c3)CC2)cc1. The molecule has 132 valence electrons. The molecular formula is C20H24BrN2O2+. The van der Waals surface area contributed by atoms with Gasteiger partial charge in [0, 0.05) is 15.7 Å². The van der Waals surface area contributed by atoms with Gasteiger partial charge in [-0.05, 0) is 49.4 Å². The lowest BCUT2D eigenvalue weighted by atomic mass is 10.1. The first-order valence-corrected chi connectivity index (χ1v) is 9.49. The van der Waals surface area contributed by atoms with Crippen molar-refractivity contribution in [3.05, 3.63) is 58.6 Å². The molecule has 0 aliphatic carbocycles. The number of carbonyl (C=O) groups is 1. The molecular weight excluding hydrogens is 380 g/mol. The Kier molecular flexibility index (Phi) is 6.10. The van der Waals surface area contributed by atoms with Crippen molar-refractivity contribution >= 4 is 27.4 Å². The summed E-state index contributed by atoms with van der Waals surface area (Å²) in [4.78, 5) is 15.3. The maximum absolute atomic E-state index is 11.4. The number of piperazine rings is 1. The predicted octanol–water partition coefficient (Wildman–Crippen LogP) is 2.44. The van der Waals surface area contributed by atoms with E-state index in [0.29, 0.717) is 0 Å². The second-order valence-corrected chi connectivity index (χ2v) is 7.31. The lowest BCUT2D eigenvalue weighted by molar-refractivity contribution is -0.900. The molecule has 0 spiro atoms. The molecule has 3 rings (SSSR count). The van der Waals surface area contributed by atoms with Gasteiger partial charge in [0.2, 0.25) is 0 Å². The molecule has 0 aromatic heterocycles. The van der Waals surface area contributed by atoms with Crippen LogP contribution in [0.15, 0.2) is 53.0 Å². The van der Waals surface area contributed by atoms with E-state index in [-0.39, 0.29) is 5.78 Å². The van der Waals surface area contributed by atoms with Crippen LogP contribution in [0.4, 0.5) is 5.69 Å². The Morgan fingerprint density at radius 1 is 1.16 bits per heavy atom. The Bertz CT molecular complexity index is 710. The number of rotatable bonds is 6. The van der Waals surface area contributed by atoms with E-state index in [1.807, 2.05) is 36.4 Å². The topological polar surface area (TPSA) is 34.0 Å². The quantitative estimate of drug-likeness (QED) is 0.752. The largest absolute Gasteiger partial charge is 0.488 e. The van der Waals surface area contributed by atoms with Crippen molar-refractivity contribution in [2.75, 3.05) is 44.2 Å². The third-order valence-electron chi connectivity index (χ3n) is 4.63. The number of carbonyl (C=O) groups excluding carboxylic acids is 1. The molecule has 0 atom stereocenters. The average Bonchev–Trinajstić information content (AvgIpc) is 2.62. The summed E-state index contributed by atoms with van der Waals surface area (Å²) in [5, 5.41) is 0. The van der Waals surface area contributed by atoms with Gasteiger partial charge in [0.15, 0.2) is 5.78 Å². The van der Waals surface area contributed by atoms with Crippen LogP contribution in [0.5, 0.6) is 5.75 Å². The summed E-state index contributed by atoms with van der Waals surface area (Å²) < 4.78 is 6.88. The molecule has 1 N–H and O–H groups in total. The number of anilines is 1. The fourth-order valence-electron chi connectivity index (χ4n) is 3.11. The number of benzene rings is 2. The number of Topliss-reactive ketones (excluding diaryl/α,β-unsaturated/α-hetero) is 1. The van der Waals surface area contributed by atoms with Gasteiger partial charge in [0.25, 0.3) is 0 Å². The molecule has 1 aliphatic heterocycles. The molecule has 5 heteroatoms. The fraction of sp³-hybridized carbons (Fsp3) is 0.350. The number of quaternary nitrogens is 1. The van der Waals surface area contributed by atoms with Gasteiger partial charge in [-0.2, -0.15) is 0 Å². The summed E-state index contributed by atoms with van der Waals surface area (Å²) in [5.41, 5.74) is 1.98. The van der Waals surface area contributed by atoms with Gasteiger partial charge >= 0.3 is 0 Å². The van der Waals surface area contributed by atoms with E-state index >= 15 is 0 Å². The van der Waals surface area contributed by atoms with Gasteiger partial charge in [-0.1, -0.05) is 22.0 Å². The molecule has 2 aromatic rings. The highest BCUT2D eigenvalue weighted by Crippen LogP contribution is 2.17. The zero-order chi connectivity index (χ0) is 17.6. The van der Waals surface area contributed by atoms with Crippen molar-refractivity contribution in [3.8, 4) is 5.75 Å². The van der Waals surface area contributed by atoms with E-state index in [9.17, 15) is 4.79 Å². The fourth-order valence-corrected chi connectivity index (χ4v) is 3.49. The number of hydrogen-bond acceptors (Lipinski definition) is 3. The minimum Gasteiger partial charge on any atom is -0.488 e. The van der Waals surface area contributed by atoms with Crippen LogP contribution in [0.1, 0.15) is 17.3 Å². The summed E-state index contributed by atoms with van der Waals surface area (Å²) in [6, 6.07) is 15.9. The van der Waals surface area contributed by atoms with Crippen molar-refractivity contribution in [2.45, 2.75) is 6.92 Å². The highest BCUT2D eigenvalue weighted by atomic mass is 79.9. The van der Waals surface area contributed by atoms with E-state index in [1.54, 1.807) is 11.8 Å². The van der Waals surface area contributed by atoms with E-state index < -0.39 is 0 Å². The second-order valence-electron chi connectivity index (χ2n) is 6.40. The number of hydrogen-bond donors (Lipinski definition) is 1. The number of nitrogens with one attached hydrogen (secondary N) is 1. The molecule has 0 amide bonds. The van der Waals surface area contributed by atoms with Crippen LogP contribution >= 0.6 is 15.9 Å². The average molecular weight is 404 g/mol. The number of nitrogens with zero attached hydrogens (tertiary/aromatic N) is 1. The van der Waals surface area contributed by atoms with Gasteiger partial charge in [-0.3, -0.25) is 4.79 Å². The van der Waals surface area contributed by atoms with E-state index in [0.717, 1.165) is 55.1 Å². The maximum atomic E-state index is 11.4. The summed E-state index contributed by atoms with van der Waals surface area (Å²) in [7, 11) is 0. The van der Waals surface area contributed by atoms with E-state index in [2.05, 4.69) is 33.0 Å². The van der Waals surface area contributed by atoms with Gasteiger partial charge in [-0.25, -0.2) is 0 Å². The third-order valence-corrected chi connectivity index (χ3v) is 5.12. The standard InChI is InChI=1S/C20H23BrN2O2/c1-16(24)17-5-7-19(8-6-17)23-11-9-22(10-12-23)13-14-25-20-4-2-3-18(21)15-20/h2-8,15H,9-14H2,1H3/p+1. The van der Waals surface area contributed by atoms with Gasteiger partial charge in [0.1, 0.15) is 18.9 Å². The summed E-state index contributed by atoms with van der Waals surface area (Å²) in [6.45, 7) is 7.64. The van der Waals surface area contributed by atoms with Crippen LogP contribution in [0.3, 0.4) is 0 Å². The van der Waals surface area contributed by atoms with Crippen LogP contribution < -0.4 is 14.5 Å². The molecule has 4 nitrogen and oxygen atoms in total. The van der Waals surface area contributed by atoms with Crippen molar-refractivity contribution in [1.29, 1.82) is 0 Å².